The molecule has 1 atom stereocenters. The van der Waals surface area contributed by atoms with Gasteiger partial charge < -0.3 is 14.2 Å². The van der Waals surface area contributed by atoms with Crippen molar-refractivity contribution in [3.05, 3.63) is 28.7 Å². The summed E-state index contributed by atoms with van der Waals surface area (Å²) < 4.78 is 6.77. The number of likely N-dealkylation sites (N-methyl/N-ethyl adjacent to an activating group) is 1. The van der Waals surface area contributed by atoms with Crippen LogP contribution in [0.5, 0.6) is 0 Å². The van der Waals surface area contributed by atoms with Crippen molar-refractivity contribution in [1.29, 1.82) is 0 Å². The van der Waals surface area contributed by atoms with Crippen LogP contribution >= 0.6 is 0 Å². The lowest BCUT2D eigenvalue weighted by atomic mass is 10.2. The zero-order valence-electron chi connectivity index (χ0n) is 12.6. The number of hydrogen-bond acceptors (Lipinski definition) is 4. The highest BCUT2D eigenvalue weighted by Crippen LogP contribution is 2.23. The predicted molar refractivity (Wildman–Crippen MR) is 77.2 cm³/mol. The molecule has 1 fully saturated rings. The number of ether oxygens (including phenoxy) is 1. The first-order valence-electron chi connectivity index (χ1n) is 6.72. The van der Waals surface area contributed by atoms with Gasteiger partial charge in [-0.25, -0.2) is 9.69 Å². The molecule has 0 saturated carbocycles. The average molecular weight is 293 g/mol. The summed E-state index contributed by atoms with van der Waals surface area (Å²) in [6, 6.07) is 1.74. The van der Waals surface area contributed by atoms with E-state index in [4.69, 9.17) is 4.74 Å². The SMILES string of the molecule is CC(C)OCC1C(=O)N(c2ccc(=O)n(C)c2)C(=O)N1C. The second-order valence-corrected chi connectivity index (χ2v) is 5.30. The minimum Gasteiger partial charge on any atom is -0.376 e. The zero-order valence-corrected chi connectivity index (χ0v) is 12.6. The smallest absolute Gasteiger partial charge is 0.331 e. The normalized spacial score (nSPS) is 19.0. The molecule has 1 aliphatic heterocycles. The minimum atomic E-state index is -0.642. The molecule has 0 N–H and O–H groups in total. The second-order valence-electron chi connectivity index (χ2n) is 5.30. The summed E-state index contributed by atoms with van der Waals surface area (Å²) in [5.74, 6) is -0.346. The number of aromatic nitrogens is 1. The number of imide groups is 1. The first-order chi connectivity index (χ1) is 9.82. The van der Waals surface area contributed by atoms with Crippen LogP contribution in [0.2, 0.25) is 0 Å². The summed E-state index contributed by atoms with van der Waals surface area (Å²) in [7, 11) is 3.14. The van der Waals surface area contributed by atoms with Crippen molar-refractivity contribution in [2.24, 2.45) is 7.05 Å². The lowest BCUT2D eigenvalue weighted by molar-refractivity contribution is -0.121. The highest BCUT2D eigenvalue weighted by molar-refractivity contribution is 6.21. The van der Waals surface area contributed by atoms with Gasteiger partial charge in [0, 0.05) is 26.4 Å². The van der Waals surface area contributed by atoms with E-state index < -0.39 is 12.1 Å². The Morgan fingerprint density at radius 2 is 1.86 bits per heavy atom. The fourth-order valence-corrected chi connectivity index (χ4v) is 2.12. The van der Waals surface area contributed by atoms with Crippen LogP contribution in [0.25, 0.3) is 0 Å². The first kappa shape index (κ1) is 15.2. The van der Waals surface area contributed by atoms with Crippen molar-refractivity contribution in [2.45, 2.75) is 26.0 Å². The van der Waals surface area contributed by atoms with E-state index in [-0.39, 0.29) is 24.2 Å². The Kier molecular flexibility index (Phi) is 4.13. The molecule has 7 heteroatoms. The highest BCUT2D eigenvalue weighted by Gasteiger charge is 2.44. The number of aryl methyl sites for hydroxylation is 1. The standard InChI is InChI=1S/C14H19N3O4/c1-9(2)21-8-11-13(19)17(14(20)16(11)4)10-5-6-12(18)15(3)7-10/h5-7,9,11H,8H2,1-4H3. The van der Waals surface area contributed by atoms with E-state index >= 15 is 0 Å². The number of hydrogen-bond donors (Lipinski definition) is 0. The topological polar surface area (TPSA) is 71.8 Å². The Balaban J connectivity index is 2.28. The molecule has 1 unspecified atom stereocenters. The van der Waals surface area contributed by atoms with E-state index in [1.165, 1.54) is 27.8 Å². The lowest BCUT2D eigenvalue weighted by Crippen LogP contribution is -2.36. The summed E-state index contributed by atoms with van der Waals surface area (Å²) in [5.41, 5.74) is 0.178. The van der Waals surface area contributed by atoms with Crippen molar-refractivity contribution in [2.75, 3.05) is 18.6 Å². The van der Waals surface area contributed by atoms with Crippen LogP contribution in [-0.2, 0) is 16.6 Å². The number of pyridine rings is 1. The van der Waals surface area contributed by atoms with Crippen LogP contribution in [0.3, 0.4) is 0 Å². The number of rotatable bonds is 4. The molecule has 1 saturated heterocycles. The molecule has 0 bridgehead atoms. The number of carbonyl (C=O) groups is 2. The largest absolute Gasteiger partial charge is 0.376 e. The summed E-state index contributed by atoms with van der Waals surface area (Å²) >= 11 is 0. The summed E-state index contributed by atoms with van der Waals surface area (Å²) in [4.78, 5) is 38.5. The fraction of sp³-hybridized carbons (Fsp3) is 0.500. The van der Waals surface area contributed by atoms with E-state index in [0.29, 0.717) is 5.69 Å². The third-order valence-electron chi connectivity index (χ3n) is 3.38. The van der Waals surface area contributed by atoms with E-state index in [1.54, 1.807) is 14.1 Å². The highest BCUT2D eigenvalue weighted by atomic mass is 16.5. The Morgan fingerprint density at radius 1 is 1.19 bits per heavy atom. The molecule has 114 valence electrons. The molecule has 0 aromatic carbocycles. The van der Waals surface area contributed by atoms with Gasteiger partial charge in [-0.05, 0) is 19.9 Å². The van der Waals surface area contributed by atoms with Crippen molar-refractivity contribution in [1.82, 2.24) is 9.47 Å². The van der Waals surface area contributed by atoms with E-state index in [2.05, 4.69) is 0 Å². The average Bonchev–Trinajstić information content (AvgIpc) is 2.62. The van der Waals surface area contributed by atoms with Gasteiger partial charge in [-0.3, -0.25) is 9.59 Å². The van der Waals surface area contributed by atoms with Crippen LogP contribution in [0, 0.1) is 0 Å². The third-order valence-corrected chi connectivity index (χ3v) is 3.38. The van der Waals surface area contributed by atoms with E-state index in [9.17, 15) is 14.4 Å². The van der Waals surface area contributed by atoms with Gasteiger partial charge in [0.05, 0.1) is 18.4 Å². The monoisotopic (exact) mass is 293 g/mol. The van der Waals surface area contributed by atoms with Crippen molar-refractivity contribution >= 4 is 17.6 Å². The first-order valence-corrected chi connectivity index (χ1v) is 6.72. The Bertz CT molecular complexity index is 623. The van der Waals surface area contributed by atoms with Crippen molar-refractivity contribution < 1.29 is 14.3 Å². The van der Waals surface area contributed by atoms with Crippen LogP contribution in [-0.4, -0.2) is 47.2 Å². The number of carbonyl (C=O) groups excluding carboxylic acids is 2. The molecular weight excluding hydrogens is 274 g/mol. The van der Waals surface area contributed by atoms with Gasteiger partial charge in [0.1, 0.15) is 6.04 Å². The summed E-state index contributed by atoms with van der Waals surface area (Å²) in [6.45, 7) is 3.89. The number of urea groups is 1. The zero-order chi connectivity index (χ0) is 15.7. The van der Waals surface area contributed by atoms with Crippen LogP contribution in [0.15, 0.2) is 23.1 Å². The minimum absolute atomic E-state index is 0.0205. The van der Waals surface area contributed by atoms with E-state index in [0.717, 1.165) is 4.90 Å². The Hall–Kier alpha value is -2.15. The Labute approximate surface area is 122 Å². The molecule has 2 rings (SSSR count). The quantitative estimate of drug-likeness (QED) is 0.761. The predicted octanol–water partition coefficient (Wildman–Crippen LogP) is 0.577. The molecule has 0 aliphatic carbocycles. The molecule has 0 spiro atoms. The second kappa shape index (κ2) is 5.69. The molecule has 1 aromatic rings. The van der Waals surface area contributed by atoms with E-state index in [1.807, 2.05) is 13.8 Å². The molecule has 0 radical (unpaired) electrons. The lowest BCUT2D eigenvalue weighted by Gasteiger charge is -2.17. The summed E-state index contributed by atoms with van der Waals surface area (Å²) in [6.07, 6.45) is 1.45. The maximum absolute atomic E-state index is 12.4. The van der Waals surface area contributed by atoms with Gasteiger partial charge in [-0.2, -0.15) is 0 Å². The molecule has 3 amide bonds. The van der Waals surface area contributed by atoms with Crippen molar-refractivity contribution in [3.8, 4) is 0 Å². The van der Waals surface area contributed by atoms with Crippen LogP contribution < -0.4 is 10.5 Å². The van der Waals surface area contributed by atoms with Gasteiger partial charge in [-0.1, -0.05) is 0 Å². The van der Waals surface area contributed by atoms with Crippen molar-refractivity contribution in [3.63, 3.8) is 0 Å². The number of nitrogens with zero attached hydrogens (tertiary/aromatic N) is 3. The van der Waals surface area contributed by atoms with Gasteiger partial charge in [0.2, 0.25) is 5.56 Å². The number of amides is 3. The molecule has 1 aliphatic rings. The summed E-state index contributed by atoms with van der Waals surface area (Å²) in [5, 5.41) is 0. The molecule has 2 heterocycles. The van der Waals surface area contributed by atoms with Crippen LogP contribution in [0.1, 0.15) is 13.8 Å². The van der Waals surface area contributed by atoms with Crippen LogP contribution in [0.4, 0.5) is 10.5 Å². The van der Waals surface area contributed by atoms with Gasteiger partial charge in [0.15, 0.2) is 0 Å². The molecular formula is C14H19N3O4. The molecule has 7 nitrogen and oxygen atoms in total. The fourth-order valence-electron chi connectivity index (χ4n) is 2.12. The van der Waals surface area contributed by atoms with Gasteiger partial charge in [0.25, 0.3) is 5.91 Å². The third kappa shape index (κ3) is 2.82. The van der Waals surface area contributed by atoms with Gasteiger partial charge in [-0.15, -0.1) is 0 Å². The molecule has 1 aromatic heterocycles. The number of anilines is 1. The van der Waals surface area contributed by atoms with Gasteiger partial charge >= 0.3 is 6.03 Å². The Morgan fingerprint density at radius 3 is 2.43 bits per heavy atom. The maximum atomic E-state index is 12.4. The maximum Gasteiger partial charge on any atom is 0.331 e. The molecule has 21 heavy (non-hydrogen) atoms.